The zero-order valence-corrected chi connectivity index (χ0v) is 6.98. The molecule has 26 valence electrons. The van der Waals surface area contributed by atoms with E-state index >= 15 is 0 Å². The molecule has 0 atom stereocenters. The predicted octanol–water partition coefficient (Wildman–Crippen LogP) is -0.300. The third-order valence-corrected chi connectivity index (χ3v) is 0.0833. The summed E-state index contributed by atoms with van der Waals surface area (Å²) < 4.78 is 3.74. The molecule has 2 nitrogen and oxygen atoms in total. The summed E-state index contributed by atoms with van der Waals surface area (Å²) >= 11 is 0. The summed E-state index contributed by atoms with van der Waals surface area (Å²) in [5, 5.41) is 0. The van der Waals surface area contributed by atoms with Crippen LogP contribution in [0.2, 0.25) is 0 Å². The summed E-state index contributed by atoms with van der Waals surface area (Å²) in [5.74, 6) is 0. The Hall–Kier alpha value is 0.522. The molecule has 0 fully saturated rings. The van der Waals surface area contributed by atoms with Crippen LogP contribution in [0.4, 0.5) is 0 Å². The zero-order valence-electron chi connectivity index (χ0n) is 2.82. The van der Waals surface area contributed by atoms with E-state index < -0.39 is 0 Å². The summed E-state index contributed by atoms with van der Waals surface area (Å²) in [6.07, 6.45) is 0. The van der Waals surface area contributed by atoms with Crippen molar-refractivity contribution in [1.82, 2.24) is 0 Å². The SMILES string of the molecule is CO[C-]=O.[U+2]. The molecule has 0 aliphatic heterocycles. The van der Waals surface area contributed by atoms with Crippen molar-refractivity contribution in [3.05, 3.63) is 0 Å². The van der Waals surface area contributed by atoms with Gasteiger partial charge in [0.25, 0.3) is 0 Å². The topological polar surface area (TPSA) is 26.3 Å². The Morgan fingerprint density at radius 1 is 1.80 bits per heavy atom. The quantitative estimate of drug-likeness (QED) is 0.621. The number of methoxy groups -OCH3 is 1. The van der Waals surface area contributed by atoms with E-state index in [2.05, 4.69) is 4.74 Å². The second-order valence-corrected chi connectivity index (χ2v) is 0.287. The molecule has 0 bridgehead atoms. The number of hydrogen-bond acceptors (Lipinski definition) is 2. The van der Waals surface area contributed by atoms with Gasteiger partial charge in [0.15, 0.2) is 0 Å². The van der Waals surface area contributed by atoms with Gasteiger partial charge >= 0.3 is 31.1 Å². The molecule has 0 saturated heterocycles. The first kappa shape index (κ1) is 9.10. The molecule has 5 heavy (non-hydrogen) atoms. The van der Waals surface area contributed by atoms with Crippen molar-refractivity contribution in [2.24, 2.45) is 0 Å². The van der Waals surface area contributed by atoms with E-state index in [-0.39, 0.29) is 31.1 Å². The Morgan fingerprint density at radius 2 is 2.00 bits per heavy atom. The third-order valence-electron chi connectivity index (χ3n) is 0.0833. The van der Waals surface area contributed by atoms with Crippen molar-refractivity contribution < 1.29 is 40.6 Å². The maximum absolute atomic E-state index is 8.83. The van der Waals surface area contributed by atoms with Crippen LogP contribution in [0.1, 0.15) is 0 Å². The molecular formula is C2H3O2U+. The van der Waals surface area contributed by atoms with Gasteiger partial charge in [0.2, 0.25) is 0 Å². The minimum absolute atomic E-state index is 0. The van der Waals surface area contributed by atoms with E-state index in [9.17, 15) is 0 Å². The van der Waals surface area contributed by atoms with Gasteiger partial charge in [-0.15, -0.1) is 0 Å². The fraction of sp³-hybridized carbons (Fsp3) is 0.500. The van der Waals surface area contributed by atoms with Crippen molar-refractivity contribution in [2.75, 3.05) is 7.11 Å². The summed E-state index contributed by atoms with van der Waals surface area (Å²) in [6.45, 7) is 1.18. The van der Waals surface area contributed by atoms with E-state index in [0.717, 1.165) is 0 Å². The van der Waals surface area contributed by atoms with Gasteiger partial charge in [0, 0.05) is 7.11 Å². The van der Waals surface area contributed by atoms with E-state index in [4.69, 9.17) is 4.79 Å². The molecule has 0 amide bonds. The Labute approximate surface area is 54.3 Å². The van der Waals surface area contributed by atoms with Crippen LogP contribution in [0.3, 0.4) is 0 Å². The molecule has 0 aliphatic carbocycles. The van der Waals surface area contributed by atoms with Crippen LogP contribution in [-0.2, 0) is 9.53 Å². The predicted molar refractivity (Wildman–Crippen MR) is 12.7 cm³/mol. The van der Waals surface area contributed by atoms with Crippen molar-refractivity contribution in [2.45, 2.75) is 0 Å². The molecule has 0 aromatic heterocycles. The van der Waals surface area contributed by atoms with Crippen LogP contribution in [0.5, 0.6) is 0 Å². The molecule has 0 aliphatic rings. The van der Waals surface area contributed by atoms with Crippen LogP contribution in [0.15, 0.2) is 0 Å². The summed E-state index contributed by atoms with van der Waals surface area (Å²) in [5.41, 5.74) is 0. The Kier molecular flexibility index (Phi) is 16.1. The maximum Gasteiger partial charge on any atom is 2.00 e. The molecule has 0 radical (unpaired) electrons. The Morgan fingerprint density at radius 3 is 2.00 bits per heavy atom. The summed E-state index contributed by atoms with van der Waals surface area (Å²) in [7, 11) is 1.26. The van der Waals surface area contributed by atoms with Gasteiger partial charge in [0.05, 0.1) is 0 Å². The van der Waals surface area contributed by atoms with Gasteiger partial charge in [-0.1, -0.05) is 6.47 Å². The molecule has 0 N–H and O–H groups in total. The Balaban J connectivity index is 0. The monoisotopic (exact) mass is 297 g/mol. The standard InChI is InChI=1S/C2H3O2.U/c1-4-2-3;/h1H3;/q-1;+2. The van der Waals surface area contributed by atoms with E-state index in [0.29, 0.717) is 0 Å². The molecule has 0 heterocycles. The minimum atomic E-state index is 0. The van der Waals surface area contributed by atoms with Crippen molar-refractivity contribution in [1.29, 1.82) is 0 Å². The van der Waals surface area contributed by atoms with E-state index in [1.165, 1.54) is 13.6 Å². The van der Waals surface area contributed by atoms with E-state index in [1.807, 2.05) is 0 Å². The summed E-state index contributed by atoms with van der Waals surface area (Å²) in [6, 6.07) is 0. The average molecular weight is 297 g/mol. The fourth-order valence-corrected chi connectivity index (χ4v) is 0. The molecule has 0 aromatic rings. The molecule has 0 spiro atoms. The first-order valence-electron chi connectivity index (χ1n) is 0.816. The van der Waals surface area contributed by atoms with Gasteiger partial charge in [-0.3, -0.25) is 0 Å². The van der Waals surface area contributed by atoms with Crippen LogP contribution in [-0.4, -0.2) is 13.6 Å². The van der Waals surface area contributed by atoms with Crippen LogP contribution >= 0.6 is 0 Å². The zero-order chi connectivity index (χ0) is 3.41. The van der Waals surface area contributed by atoms with Crippen LogP contribution in [0, 0.1) is 31.1 Å². The summed E-state index contributed by atoms with van der Waals surface area (Å²) in [4.78, 5) is 8.83. The van der Waals surface area contributed by atoms with Crippen molar-refractivity contribution in [3.8, 4) is 0 Å². The number of rotatable bonds is 1. The van der Waals surface area contributed by atoms with Gasteiger partial charge in [0.1, 0.15) is 0 Å². The Bertz CT molecular complexity index is 21.6. The largest absolute Gasteiger partial charge is 2.00 e. The van der Waals surface area contributed by atoms with Gasteiger partial charge in [-0.05, 0) is 0 Å². The first-order valence-corrected chi connectivity index (χ1v) is 0.816. The number of hydrogen-bond donors (Lipinski definition) is 0. The second-order valence-electron chi connectivity index (χ2n) is 0.287. The van der Waals surface area contributed by atoms with Crippen LogP contribution < -0.4 is 0 Å². The smallest absolute Gasteiger partial charge is 0.655 e. The van der Waals surface area contributed by atoms with Gasteiger partial charge < -0.3 is 9.53 Å². The minimum Gasteiger partial charge on any atom is -0.655 e. The molecule has 0 rings (SSSR count). The molecule has 0 aromatic carbocycles. The first-order chi connectivity index (χ1) is 1.91. The number of carbonyl (C=O) groups excluding carboxylic acids is 1. The number of ether oxygens (including phenoxy) is 1. The molecule has 0 saturated carbocycles. The molecule has 0 unspecified atom stereocenters. The maximum atomic E-state index is 8.83. The fourth-order valence-electron chi connectivity index (χ4n) is 0. The third kappa shape index (κ3) is 12.4. The second kappa shape index (κ2) is 8.82. The van der Waals surface area contributed by atoms with E-state index in [1.54, 1.807) is 0 Å². The van der Waals surface area contributed by atoms with Gasteiger partial charge in [-0.25, -0.2) is 0 Å². The van der Waals surface area contributed by atoms with Crippen molar-refractivity contribution in [3.63, 3.8) is 0 Å². The molecule has 3 heteroatoms. The van der Waals surface area contributed by atoms with Gasteiger partial charge in [-0.2, -0.15) is 0 Å². The van der Waals surface area contributed by atoms with Crippen molar-refractivity contribution >= 4 is 6.47 Å². The normalized spacial score (nSPS) is 4.20. The molecular weight excluding hydrogens is 294 g/mol. The van der Waals surface area contributed by atoms with Crippen LogP contribution in [0.25, 0.3) is 0 Å². The average Bonchev–Trinajstić information content (AvgIpc) is 1.37.